The maximum absolute atomic E-state index is 11.7. The molecule has 0 aromatic heterocycles. The second-order valence-electron chi connectivity index (χ2n) is 8.19. The lowest BCUT2D eigenvalue weighted by molar-refractivity contribution is -0.146. The SMILES string of the molecule is CN=C(NCc1ccc(CN2CCCCCC2)cc1)N1CCC(C(=O)OC)CC1. The van der Waals surface area contributed by atoms with Gasteiger partial charge in [-0.2, -0.15) is 0 Å². The number of aliphatic imine (C=N–C) groups is 1. The highest BCUT2D eigenvalue weighted by molar-refractivity contribution is 5.80. The standard InChI is InChI=1S/C23H36N4O2/c1-24-23(27-15-11-21(12-16-27)22(28)29-2)25-17-19-7-9-20(10-8-19)18-26-13-5-3-4-6-14-26/h7-10,21H,3-6,11-18H2,1-2H3,(H,24,25). The Labute approximate surface area is 175 Å². The van der Waals surface area contributed by atoms with E-state index in [1.165, 1.54) is 57.0 Å². The summed E-state index contributed by atoms with van der Waals surface area (Å²) in [7, 11) is 3.29. The van der Waals surface area contributed by atoms with Gasteiger partial charge in [0.2, 0.25) is 0 Å². The van der Waals surface area contributed by atoms with Gasteiger partial charge in [0, 0.05) is 33.2 Å². The number of carbonyl (C=O) groups excluding carboxylic acids is 1. The van der Waals surface area contributed by atoms with Crippen molar-refractivity contribution in [2.24, 2.45) is 10.9 Å². The highest BCUT2D eigenvalue weighted by Gasteiger charge is 2.26. The molecule has 2 aliphatic rings. The summed E-state index contributed by atoms with van der Waals surface area (Å²) in [4.78, 5) is 20.9. The number of guanidine groups is 1. The van der Waals surface area contributed by atoms with Gasteiger partial charge in [0.15, 0.2) is 5.96 Å². The second kappa shape index (κ2) is 11.2. The fourth-order valence-corrected chi connectivity index (χ4v) is 4.32. The summed E-state index contributed by atoms with van der Waals surface area (Å²) in [6.45, 7) is 5.93. The van der Waals surface area contributed by atoms with Gasteiger partial charge in [0.1, 0.15) is 0 Å². The van der Waals surface area contributed by atoms with Crippen molar-refractivity contribution >= 4 is 11.9 Å². The van der Waals surface area contributed by atoms with Crippen LogP contribution >= 0.6 is 0 Å². The van der Waals surface area contributed by atoms with E-state index >= 15 is 0 Å². The first-order chi connectivity index (χ1) is 14.2. The van der Waals surface area contributed by atoms with Crippen molar-refractivity contribution in [1.82, 2.24) is 15.1 Å². The van der Waals surface area contributed by atoms with Crippen LogP contribution in [0.2, 0.25) is 0 Å². The average molecular weight is 401 g/mol. The highest BCUT2D eigenvalue weighted by Crippen LogP contribution is 2.19. The molecule has 0 amide bonds. The summed E-state index contributed by atoms with van der Waals surface area (Å²) in [6, 6.07) is 8.95. The van der Waals surface area contributed by atoms with Crippen LogP contribution in [-0.2, 0) is 22.6 Å². The molecule has 2 aliphatic heterocycles. The van der Waals surface area contributed by atoms with Gasteiger partial charge in [-0.1, -0.05) is 37.1 Å². The number of rotatable bonds is 5. The van der Waals surface area contributed by atoms with E-state index in [1.807, 2.05) is 7.05 Å². The molecule has 0 saturated carbocycles. The summed E-state index contributed by atoms with van der Waals surface area (Å²) >= 11 is 0. The number of carbonyl (C=O) groups is 1. The van der Waals surface area contributed by atoms with Crippen molar-refractivity contribution in [3.8, 4) is 0 Å². The van der Waals surface area contributed by atoms with Gasteiger partial charge >= 0.3 is 5.97 Å². The molecule has 1 aromatic rings. The van der Waals surface area contributed by atoms with E-state index in [0.717, 1.165) is 45.0 Å². The normalized spacial score (nSPS) is 19.7. The van der Waals surface area contributed by atoms with E-state index in [9.17, 15) is 4.79 Å². The van der Waals surface area contributed by atoms with Crippen molar-refractivity contribution < 1.29 is 9.53 Å². The summed E-state index contributed by atoms with van der Waals surface area (Å²) in [6.07, 6.45) is 7.05. The fourth-order valence-electron chi connectivity index (χ4n) is 4.32. The molecule has 0 bridgehead atoms. The first kappa shape index (κ1) is 21.6. The number of hydrogen-bond donors (Lipinski definition) is 1. The maximum atomic E-state index is 11.7. The zero-order valence-corrected chi connectivity index (χ0v) is 18.0. The number of benzene rings is 1. The molecule has 0 unspecified atom stereocenters. The van der Waals surface area contributed by atoms with Gasteiger partial charge in [0.25, 0.3) is 0 Å². The molecule has 2 fully saturated rings. The Morgan fingerprint density at radius 1 is 1.03 bits per heavy atom. The minimum Gasteiger partial charge on any atom is -0.469 e. The molecular weight excluding hydrogens is 364 g/mol. The Morgan fingerprint density at radius 2 is 1.66 bits per heavy atom. The van der Waals surface area contributed by atoms with Gasteiger partial charge in [0.05, 0.1) is 13.0 Å². The topological polar surface area (TPSA) is 57.2 Å². The number of esters is 1. The summed E-state index contributed by atoms with van der Waals surface area (Å²) in [5.74, 6) is 0.834. The van der Waals surface area contributed by atoms with Crippen molar-refractivity contribution in [3.05, 3.63) is 35.4 Å². The first-order valence-electron chi connectivity index (χ1n) is 11.0. The number of nitrogens with one attached hydrogen (secondary N) is 1. The summed E-state index contributed by atoms with van der Waals surface area (Å²) in [5, 5.41) is 3.47. The quantitative estimate of drug-likeness (QED) is 0.468. The van der Waals surface area contributed by atoms with Gasteiger partial charge in [-0.15, -0.1) is 0 Å². The molecule has 6 nitrogen and oxygen atoms in total. The number of likely N-dealkylation sites (tertiary alicyclic amines) is 2. The maximum Gasteiger partial charge on any atom is 0.308 e. The largest absolute Gasteiger partial charge is 0.469 e. The molecular formula is C23H36N4O2. The van der Waals surface area contributed by atoms with Crippen LogP contribution in [-0.4, -0.2) is 62.1 Å². The Balaban J connectivity index is 1.45. The van der Waals surface area contributed by atoms with Crippen LogP contribution in [0.25, 0.3) is 0 Å². The molecule has 0 aliphatic carbocycles. The first-order valence-corrected chi connectivity index (χ1v) is 11.0. The van der Waals surface area contributed by atoms with Crippen LogP contribution in [0.15, 0.2) is 29.3 Å². The lowest BCUT2D eigenvalue weighted by atomic mass is 9.97. The van der Waals surface area contributed by atoms with Gasteiger partial charge < -0.3 is 15.0 Å². The monoisotopic (exact) mass is 400 g/mol. The van der Waals surface area contributed by atoms with Gasteiger partial charge in [-0.25, -0.2) is 0 Å². The summed E-state index contributed by atoms with van der Waals surface area (Å²) in [5.41, 5.74) is 2.65. The Morgan fingerprint density at radius 3 is 2.24 bits per heavy atom. The highest BCUT2D eigenvalue weighted by atomic mass is 16.5. The molecule has 0 spiro atoms. The smallest absolute Gasteiger partial charge is 0.308 e. The Bertz CT molecular complexity index is 658. The number of nitrogens with zero attached hydrogens (tertiary/aromatic N) is 3. The van der Waals surface area contributed by atoms with Crippen LogP contribution in [0.1, 0.15) is 49.7 Å². The third-order valence-electron chi connectivity index (χ3n) is 6.12. The third kappa shape index (κ3) is 6.46. The number of methoxy groups -OCH3 is 1. The van der Waals surface area contributed by atoms with Crippen LogP contribution in [0.3, 0.4) is 0 Å². The minimum atomic E-state index is -0.0899. The van der Waals surface area contributed by atoms with Crippen molar-refractivity contribution in [2.75, 3.05) is 40.3 Å². The predicted octanol–water partition coefficient (Wildman–Crippen LogP) is 3.02. The van der Waals surface area contributed by atoms with E-state index in [-0.39, 0.29) is 11.9 Å². The van der Waals surface area contributed by atoms with Gasteiger partial charge in [-0.05, 0) is 49.9 Å². The molecule has 6 heteroatoms. The zero-order chi connectivity index (χ0) is 20.5. The molecule has 2 heterocycles. The molecule has 160 valence electrons. The van der Waals surface area contributed by atoms with Crippen LogP contribution in [0.4, 0.5) is 0 Å². The van der Waals surface area contributed by atoms with Gasteiger partial charge in [-0.3, -0.25) is 14.7 Å². The molecule has 0 atom stereocenters. The lowest BCUT2D eigenvalue weighted by Crippen LogP contribution is -2.46. The molecule has 1 aromatic carbocycles. The number of ether oxygens (including phenoxy) is 1. The third-order valence-corrected chi connectivity index (χ3v) is 6.12. The molecule has 2 saturated heterocycles. The average Bonchev–Trinajstić information content (AvgIpc) is 3.04. The van der Waals surface area contributed by atoms with E-state index < -0.39 is 0 Å². The molecule has 3 rings (SSSR count). The van der Waals surface area contributed by atoms with E-state index in [0.29, 0.717) is 0 Å². The number of hydrogen-bond acceptors (Lipinski definition) is 4. The predicted molar refractivity (Wildman–Crippen MR) is 117 cm³/mol. The van der Waals surface area contributed by atoms with Crippen molar-refractivity contribution in [2.45, 2.75) is 51.6 Å². The summed E-state index contributed by atoms with van der Waals surface area (Å²) < 4.78 is 4.87. The zero-order valence-electron chi connectivity index (χ0n) is 18.0. The van der Waals surface area contributed by atoms with Crippen LogP contribution < -0.4 is 5.32 Å². The fraction of sp³-hybridized carbons (Fsp3) is 0.652. The van der Waals surface area contributed by atoms with E-state index in [2.05, 4.69) is 44.4 Å². The molecule has 29 heavy (non-hydrogen) atoms. The van der Waals surface area contributed by atoms with Crippen LogP contribution in [0.5, 0.6) is 0 Å². The Kier molecular flexibility index (Phi) is 8.35. The van der Waals surface area contributed by atoms with Crippen molar-refractivity contribution in [3.63, 3.8) is 0 Å². The number of piperidine rings is 1. The van der Waals surface area contributed by atoms with E-state index in [4.69, 9.17) is 4.74 Å². The minimum absolute atomic E-state index is 0.0195. The Hall–Kier alpha value is -2.08. The van der Waals surface area contributed by atoms with Crippen molar-refractivity contribution in [1.29, 1.82) is 0 Å². The lowest BCUT2D eigenvalue weighted by Gasteiger charge is -2.33. The van der Waals surface area contributed by atoms with E-state index in [1.54, 1.807) is 0 Å². The second-order valence-corrected chi connectivity index (χ2v) is 8.19. The molecule has 1 N–H and O–H groups in total. The van der Waals surface area contributed by atoms with Crippen LogP contribution in [0, 0.1) is 5.92 Å². The molecule has 0 radical (unpaired) electrons.